The lowest BCUT2D eigenvalue weighted by Gasteiger charge is -2.26. The molecule has 0 aliphatic carbocycles. The molecule has 0 saturated heterocycles. The summed E-state index contributed by atoms with van der Waals surface area (Å²) in [6.07, 6.45) is 0.205. The fraction of sp³-hybridized carbons (Fsp3) is 0.294. The van der Waals surface area contributed by atoms with Crippen LogP contribution in [0.3, 0.4) is 0 Å². The molecule has 2 aromatic rings. The van der Waals surface area contributed by atoms with Gasteiger partial charge in [-0.1, -0.05) is 36.4 Å². The zero-order valence-corrected chi connectivity index (χ0v) is 12.1. The normalized spacial score (nSPS) is 13.9. The molecule has 0 radical (unpaired) electrons. The quantitative estimate of drug-likeness (QED) is 0.879. The number of ether oxygens (including phenoxy) is 1. The Labute approximate surface area is 123 Å². The van der Waals surface area contributed by atoms with Crippen LogP contribution in [0.4, 0.5) is 8.78 Å². The first-order valence-electron chi connectivity index (χ1n) is 6.84. The second-order valence-corrected chi connectivity index (χ2v) is 4.90. The smallest absolute Gasteiger partial charge is 0.129 e. The molecule has 2 aromatic carbocycles. The van der Waals surface area contributed by atoms with E-state index in [2.05, 4.69) is 5.32 Å². The summed E-state index contributed by atoms with van der Waals surface area (Å²) in [6, 6.07) is 13.3. The van der Waals surface area contributed by atoms with Crippen LogP contribution < -0.4 is 5.32 Å². The highest BCUT2D eigenvalue weighted by molar-refractivity contribution is 5.23. The Morgan fingerprint density at radius 3 is 2.38 bits per heavy atom. The van der Waals surface area contributed by atoms with Gasteiger partial charge < -0.3 is 10.1 Å². The highest BCUT2D eigenvalue weighted by atomic mass is 19.1. The van der Waals surface area contributed by atoms with Crippen LogP contribution in [-0.4, -0.2) is 20.2 Å². The SMILES string of the molecule is CNC(Cc1ccc(F)cc1F)C(OC)c1ccccc1. The molecule has 4 heteroatoms. The molecule has 21 heavy (non-hydrogen) atoms. The van der Waals surface area contributed by atoms with Crippen LogP contribution in [0, 0.1) is 11.6 Å². The molecule has 0 aliphatic heterocycles. The number of methoxy groups -OCH3 is 1. The van der Waals surface area contributed by atoms with E-state index in [4.69, 9.17) is 4.74 Å². The van der Waals surface area contributed by atoms with Crippen molar-refractivity contribution >= 4 is 0 Å². The highest BCUT2D eigenvalue weighted by Gasteiger charge is 2.23. The first-order valence-corrected chi connectivity index (χ1v) is 6.84. The van der Waals surface area contributed by atoms with Gasteiger partial charge in [0.2, 0.25) is 0 Å². The van der Waals surface area contributed by atoms with Crippen molar-refractivity contribution in [3.05, 3.63) is 71.3 Å². The summed E-state index contributed by atoms with van der Waals surface area (Å²) < 4.78 is 32.4. The topological polar surface area (TPSA) is 21.3 Å². The summed E-state index contributed by atoms with van der Waals surface area (Å²) in [6.45, 7) is 0. The second-order valence-electron chi connectivity index (χ2n) is 4.90. The zero-order valence-electron chi connectivity index (χ0n) is 12.1. The molecule has 0 spiro atoms. The zero-order chi connectivity index (χ0) is 15.2. The first kappa shape index (κ1) is 15.6. The van der Waals surface area contributed by atoms with Gasteiger partial charge in [0.15, 0.2) is 0 Å². The Morgan fingerprint density at radius 1 is 1.10 bits per heavy atom. The molecule has 2 rings (SSSR count). The van der Waals surface area contributed by atoms with Gasteiger partial charge in [-0.25, -0.2) is 8.78 Å². The average Bonchev–Trinajstić information content (AvgIpc) is 2.50. The summed E-state index contributed by atoms with van der Waals surface area (Å²) in [5, 5.41) is 3.16. The molecule has 2 nitrogen and oxygen atoms in total. The Hall–Kier alpha value is -1.78. The third kappa shape index (κ3) is 3.86. The first-order chi connectivity index (χ1) is 10.2. The second kappa shape index (κ2) is 7.29. The van der Waals surface area contributed by atoms with Gasteiger partial charge in [-0.3, -0.25) is 0 Å². The van der Waals surface area contributed by atoms with Crippen LogP contribution in [0.25, 0.3) is 0 Å². The van der Waals surface area contributed by atoms with Crippen LogP contribution in [0.5, 0.6) is 0 Å². The Balaban J connectivity index is 2.22. The number of hydrogen-bond donors (Lipinski definition) is 1. The molecule has 0 aliphatic rings. The molecule has 0 saturated carbocycles. The van der Waals surface area contributed by atoms with E-state index in [1.165, 1.54) is 12.1 Å². The van der Waals surface area contributed by atoms with Gasteiger partial charge >= 0.3 is 0 Å². The third-order valence-electron chi connectivity index (χ3n) is 3.57. The molecule has 2 unspecified atom stereocenters. The molecular formula is C17H19F2NO. The maximum atomic E-state index is 13.8. The predicted molar refractivity (Wildman–Crippen MR) is 79.1 cm³/mol. The molecule has 0 bridgehead atoms. The lowest BCUT2D eigenvalue weighted by Crippen LogP contribution is -2.35. The van der Waals surface area contributed by atoms with E-state index in [1.807, 2.05) is 30.3 Å². The van der Waals surface area contributed by atoms with E-state index < -0.39 is 11.6 Å². The molecule has 112 valence electrons. The number of rotatable bonds is 6. The molecule has 2 atom stereocenters. The van der Waals surface area contributed by atoms with Crippen molar-refractivity contribution in [3.63, 3.8) is 0 Å². The summed E-state index contributed by atoms with van der Waals surface area (Å²) >= 11 is 0. The summed E-state index contributed by atoms with van der Waals surface area (Å²) in [7, 11) is 3.43. The monoisotopic (exact) mass is 291 g/mol. The van der Waals surface area contributed by atoms with Crippen molar-refractivity contribution in [3.8, 4) is 0 Å². The summed E-state index contributed by atoms with van der Waals surface area (Å²) in [4.78, 5) is 0. The van der Waals surface area contributed by atoms with E-state index >= 15 is 0 Å². The lowest BCUT2D eigenvalue weighted by atomic mass is 9.96. The largest absolute Gasteiger partial charge is 0.375 e. The average molecular weight is 291 g/mol. The van der Waals surface area contributed by atoms with E-state index in [0.29, 0.717) is 12.0 Å². The maximum Gasteiger partial charge on any atom is 0.129 e. The molecule has 0 amide bonds. The number of benzene rings is 2. The van der Waals surface area contributed by atoms with Gasteiger partial charge in [0.1, 0.15) is 11.6 Å². The molecule has 0 fully saturated rings. The van der Waals surface area contributed by atoms with Gasteiger partial charge in [-0.15, -0.1) is 0 Å². The third-order valence-corrected chi connectivity index (χ3v) is 3.57. The predicted octanol–water partition coefficient (Wildman–Crippen LogP) is 3.48. The minimum absolute atomic E-state index is 0.114. The number of halogens is 2. The lowest BCUT2D eigenvalue weighted by molar-refractivity contribution is 0.0701. The van der Waals surface area contributed by atoms with E-state index in [0.717, 1.165) is 11.6 Å². The Bertz CT molecular complexity index is 574. The van der Waals surface area contributed by atoms with Crippen molar-refractivity contribution in [2.24, 2.45) is 0 Å². The summed E-state index contributed by atoms with van der Waals surface area (Å²) in [5.74, 6) is -1.10. The minimum atomic E-state index is -0.566. The Kier molecular flexibility index (Phi) is 5.42. The van der Waals surface area contributed by atoms with Crippen molar-refractivity contribution in [2.45, 2.75) is 18.6 Å². The van der Waals surface area contributed by atoms with Gasteiger partial charge in [0, 0.05) is 19.2 Å². The number of hydrogen-bond acceptors (Lipinski definition) is 2. The highest BCUT2D eigenvalue weighted by Crippen LogP contribution is 2.24. The van der Waals surface area contributed by atoms with E-state index in [9.17, 15) is 8.78 Å². The van der Waals surface area contributed by atoms with Crippen LogP contribution in [0.1, 0.15) is 17.2 Å². The van der Waals surface area contributed by atoms with Gasteiger partial charge in [-0.05, 0) is 30.7 Å². The molecule has 0 aromatic heterocycles. The van der Waals surface area contributed by atoms with Crippen molar-refractivity contribution < 1.29 is 13.5 Å². The fourth-order valence-electron chi connectivity index (χ4n) is 2.46. The van der Waals surface area contributed by atoms with Crippen LogP contribution in [0.15, 0.2) is 48.5 Å². The van der Waals surface area contributed by atoms with E-state index in [1.54, 1.807) is 14.2 Å². The van der Waals surface area contributed by atoms with Crippen LogP contribution in [-0.2, 0) is 11.2 Å². The van der Waals surface area contributed by atoms with Gasteiger partial charge in [0.05, 0.1) is 6.10 Å². The molecule has 0 heterocycles. The van der Waals surface area contributed by atoms with Gasteiger partial charge in [-0.2, -0.15) is 0 Å². The Morgan fingerprint density at radius 2 is 1.81 bits per heavy atom. The van der Waals surface area contributed by atoms with Crippen molar-refractivity contribution in [1.82, 2.24) is 5.32 Å². The summed E-state index contributed by atoms with van der Waals surface area (Å²) in [5.41, 5.74) is 1.48. The molecular weight excluding hydrogens is 272 g/mol. The van der Waals surface area contributed by atoms with Gasteiger partial charge in [0.25, 0.3) is 0 Å². The van der Waals surface area contributed by atoms with Crippen molar-refractivity contribution in [2.75, 3.05) is 14.2 Å². The van der Waals surface area contributed by atoms with Crippen LogP contribution >= 0.6 is 0 Å². The van der Waals surface area contributed by atoms with E-state index in [-0.39, 0.29) is 12.1 Å². The standard InChI is InChI=1S/C17H19F2NO/c1-20-16(10-13-8-9-14(18)11-15(13)19)17(21-2)12-6-4-3-5-7-12/h3-9,11,16-17,20H,10H2,1-2H3. The van der Waals surface area contributed by atoms with Crippen LogP contribution in [0.2, 0.25) is 0 Å². The maximum absolute atomic E-state index is 13.8. The number of nitrogens with one attached hydrogen (secondary N) is 1. The number of likely N-dealkylation sites (N-methyl/N-ethyl adjacent to an activating group) is 1. The van der Waals surface area contributed by atoms with Crippen molar-refractivity contribution in [1.29, 1.82) is 0 Å². The minimum Gasteiger partial charge on any atom is -0.375 e. The fourth-order valence-corrected chi connectivity index (χ4v) is 2.46. The molecule has 1 N–H and O–H groups in total.